The third-order valence-electron chi connectivity index (χ3n) is 5.43. The minimum atomic E-state index is -0.277. The molecule has 1 fully saturated rings. The van der Waals surface area contributed by atoms with E-state index in [0.717, 1.165) is 29.1 Å². The van der Waals surface area contributed by atoms with Gasteiger partial charge in [-0.25, -0.2) is 4.79 Å². The van der Waals surface area contributed by atoms with E-state index in [0.29, 0.717) is 36.1 Å². The van der Waals surface area contributed by atoms with Crippen molar-refractivity contribution < 1.29 is 14.3 Å². The predicted molar refractivity (Wildman–Crippen MR) is 129 cm³/mol. The molecule has 0 radical (unpaired) electrons. The Bertz CT molecular complexity index is 1120. The summed E-state index contributed by atoms with van der Waals surface area (Å²) in [7, 11) is 0. The SMILES string of the molecule is CCOc1ccccc1NC(=O)N1CCC[C@@H](c2nnc(C(=O)Nc3ccc(C)cc3)s2)C1. The molecule has 0 bridgehead atoms. The van der Waals surface area contributed by atoms with Crippen molar-refractivity contribution in [3.05, 3.63) is 64.1 Å². The van der Waals surface area contributed by atoms with Gasteiger partial charge >= 0.3 is 6.03 Å². The first kappa shape index (κ1) is 22.7. The molecule has 4 rings (SSSR count). The molecule has 2 aromatic carbocycles. The number of amides is 3. The zero-order chi connectivity index (χ0) is 23.2. The standard InChI is InChI=1S/C24H27N5O3S/c1-3-32-20-9-5-4-8-19(20)26-24(31)29-14-6-7-17(15-29)22-27-28-23(33-22)21(30)25-18-12-10-16(2)11-13-18/h4-5,8-13,17H,3,6-7,14-15H2,1-2H3,(H,25,30)(H,26,31)/t17-/m1/s1. The highest BCUT2D eigenvalue weighted by molar-refractivity contribution is 7.13. The third kappa shape index (κ3) is 5.67. The van der Waals surface area contributed by atoms with Gasteiger partial charge in [0.2, 0.25) is 5.01 Å². The topological polar surface area (TPSA) is 96.4 Å². The summed E-state index contributed by atoms with van der Waals surface area (Å²) in [5.74, 6) is 0.417. The van der Waals surface area contributed by atoms with Gasteiger partial charge in [0.05, 0.1) is 12.3 Å². The molecular weight excluding hydrogens is 438 g/mol. The van der Waals surface area contributed by atoms with Crippen LogP contribution in [0.25, 0.3) is 0 Å². The number of para-hydroxylation sites is 2. The average Bonchev–Trinajstić information content (AvgIpc) is 3.33. The van der Waals surface area contributed by atoms with E-state index in [1.807, 2.05) is 62.4 Å². The van der Waals surface area contributed by atoms with Crippen molar-refractivity contribution in [1.29, 1.82) is 0 Å². The molecular formula is C24H27N5O3S. The largest absolute Gasteiger partial charge is 0.492 e. The van der Waals surface area contributed by atoms with Crippen molar-refractivity contribution in [2.45, 2.75) is 32.6 Å². The van der Waals surface area contributed by atoms with Crippen LogP contribution in [0.15, 0.2) is 48.5 Å². The number of ether oxygens (including phenoxy) is 1. The summed E-state index contributed by atoms with van der Waals surface area (Å²) in [6.07, 6.45) is 1.75. The lowest BCUT2D eigenvalue weighted by Gasteiger charge is -2.31. The van der Waals surface area contributed by atoms with Crippen molar-refractivity contribution in [3.63, 3.8) is 0 Å². The minimum absolute atomic E-state index is 0.0464. The number of benzene rings is 2. The third-order valence-corrected chi connectivity index (χ3v) is 6.52. The second kappa shape index (κ2) is 10.4. The van der Waals surface area contributed by atoms with Gasteiger partial charge in [0, 0.05) is 24.7 Å². The molecule has 8 nitrogen and oxygen atoms in total. The predicted octanol–water partition coefficient (Wildman–Crippen LogP) is 4.91. The highest BCUT2D eigenvalue weighted by Gasteiger charge is 2.28. The Balaban J connectivity index is 1.38. The summed E-state index contributed by atoms with van der Waals surface area (Å²) >= 11 is 1.28. The lowest BCUT2D eigenvalue weighted by Crippen LogP contribution is -2.41. The van der Waals surface area contributed by atoms with Gasteiger partial charge in [-0.3, -0.25) is 4.79 Å². The number of carbonyl (C=O) groups excluding carboxylic acids is 2. The Morgan fingerprint density at radius 1 is 1.12 bits per heavy atom. The molecule has 9 heteroatoms. The van der Waals surface area contributed by atoms with Gasteiger partial charge < -0.3 is 20.3 Å². The summed E-state index contributed by atoms with van der Waals surface area (Å²) in [4.78, 5) is 27.3. The second-order valence-corrected chi connectivity index (χ2v) is 8.92. The van der Waals surface area contributed by atoms with Crippen LogP contribution in [0.2, 0.25) is 0 Å². The highest BCUT2D eigenvalue weighted by Crippen LogP contribution is 2.30. The molecule has 1 aromatic heterocycles. The summed E-state index contributed by atoms with van der Waals surface area (Å²) in [5, 5.41) is 15.3. The Morgan fingerprint density at radius 2 is 1.91 bits per heavy atom. The van der Waals surface area contributed by atoms with E-state index in [-0.39, 0.29) is 17.9 Å². The maximum absolute atomic E-state index is 12.9. The molecule has 0 spiro atoms. The van der Waals surface area contributed by atoms with Crippen LogP contribution < -0.4 is 15.4 Å². The maximum Gasteiger partial charge on any atom is 0.321 e. The first-order valence-corrected chi connectivity index (χ1v) is 11.8. The minimum Gasteiger partial charge on any atom is -0.492 e. The lowest BCUT2D eigenvalue weighted by molar-refractivity contribution is 0.102. The van der Waals surface area contributed by atoms with Crippen LogP contribution >= 0.6 is 11.3 Å². The number of nitrogens with zero attached hydrogens (tertiary/aromatic N) is 3. The number of rotatable bonds is 6. The Hall–Kier alpha value is -3.46. The molecule has 3 aromatic rings. The maximum atomic E-state index is 12.9. The zero-order valence-corrected chi connectivity index (χ0v) is 19.5. The number of carbonyl (C=O) groups is 2. The van der Waals surface area contributed by atoms with Gasteiger partial charge in [-0.2, -0.15) is 0 Å². The molecule has 33 heavy (non-hydrogen) atoms. The van der Waals surface area contributed by atoms with E-state index in [1.54, 1.807) is 4.90 Å². The summed E-state index contributed by atoms with van der Waals surface area (Å²) < 4.78 is 5.60. The number of likely N-dealkylation sites (tertiary alicyclic amines) is 1. The van der Waals surface area contributed by atoms with Crippen LogP contribution in [0.4, 0.5) is 16.2 Å². The summed E-state index contributed by atoms with van der Waals surface area (Å²) in [6.45, 7) is 5.62. The average molecular weight is 466 g/mol. The quantitative estimate of drug-likeness (QED) is 0.539. The van der Waals surface area contributed by atoms with E-state index in [4.69, 9.17) is 4.74 Å². The number of aromatic nitrogens is 2. The summed E-state index contributed by atoms with van der Waals surface area (Å²) in [5.41, 5.74) is 2.49. The molecule has 0 saturated carbocycles. The molecule has 1 saturated heterocycles. The number of anilines is 2. The van der Waals surface area contributed by atoms with Crippen molar-refractivity contribution in [3.8, 4) is 5.75 Å². The monoisotopic (exact) mass is 465 g/mol. The van der Waals surface area contributed by atoms with Crippen molar-refractivity contribution in [1.82, 2.24) is 15.1 Å². The Kier molecular flexibility index (Phi) is 7.19. The second-order valence-electron chi connectivity index (χ2n) is 7.91. The first-order chi connectivity index (χ1) is 16.0. The molecule has 0 unspecified atom stereocenters. The molecule has 1 aliphatic rings. The zero-order valence-electron chi connectivity index (χ0n) is 18.7. The van der Waals surface area contributed by atoms with Gasteiger partial charge in [0.25, 0.3) is 5.91 Å². The van der Waals surface area contributed by atoms with E-state index in [1.165, 1.54) is 11.3 Å². The molecule has 0 aliphatic carbocycles. The molecule has 172 valence electrons. The van der Waals surface area contributed by atoms with Gasteiger partial charge in [0.1, 0.15) is 10.8 Å². The fraction of sp³-hybridized carbons (Fsp3) is 0.333. The molecule has 3 amide bonds. The number of aryl methyl sites for hydroxylation is 1. The van der Waals surface area contributed by atoms with Crippen molar-refractivity contribution >= 4 is 34.6 Å². The highest BCUT2D eigenvalue weighted by atomic mass is 32.1. The van der Waals surface area contributed by atoms with Crippen LogP contribution in [0, 0.1) is 6.92 Å². The lowest BCUT2D eigenvalue weighted by atomic mass is 9.99. The number of hydrogen-bond donors (Lipinski definition) is 2. The number of nitrogens with one attached hydrogen (secondary N) is 2. The van der Waals surface area contributed by atoms with E-state index >= 15 is 0 Å². The molecule has 1 atom stereocenters. The van der Waals surface area contributed by atoms with Crippen LogP contribution in [0.5, 0.6) is 5.75 Å². The number of hydrogen-bond acceptors (Lipinski definition) is 6. The van der Waals surface area contributed by atoms with Crippen LogP contribution in [-0.4, -0.2) is 46.7 Å². The summed E-state index contributed by atoms with van der Waals surface area (Å²) in [6, 6.07) is 14.8. The fourth-order valence-corrected chi connectivity index (χ4v) is 4.59. The van der Waals surface area contributed by atoms with E-state index in [9.17, 15) is 9.59 Å². The fourth-order valence-electron chi connectivity index (χ4n) is 3.72. The number of piperidine rings is 1. The smallest absolute Gasteiger partial charge is 0.321 e. The Labute approximate surface area is 197 Å². The van der Waals surface area contributed by atoms with Gasteiger partial charge in [-0.15, -0.1) is 10.2 Å². The van der Waals surface area contributed by atoms with Gasteiger partial charge in [0.15, 0.2) is 0 Å². The van der Waals surface area contributed by atoms with Gasteiger partial charge in [-0.05, 0) is 51.0 Å². The first-order valence-electron chi connectivity index (χ1n) is 11.0. The molecule has 2 N–H and O–H groups in total. The van der Waals surface area contributed by atoms with E-state index < -0.39 is 0 Å². The van der Waals surface area contributed by atoms with Crippen LogP contribution in [0.3, 0.4) is 0 Å². The van der Waals surface area contributed by atoms with Crippen molar-refractivity contribution in [2.24, 2.45) is 0 Å². The molecule has 2 heterocycles. The molecule has 1 aliphatic heterocycles. The van der Waals surface area contributed by atoms with Crippen LogP contribution in [-0.2, 0) is 0 Å². The van der Waals surface area contributed by atoms with E-state index in [2.05, 4.69) is 20.8 Å². The Morgan fingerprint density at radius 3 is 2.70 bits per heavy atom. The van der Waals surface area contributed by atoms with Crippen LogP contribution in [0.1, 0.15) is 46.1 Å². The van der Waals surface area contributed by atoms with Gasteiger partial charge in [-0.1, -0.05) is 41.2 Å². The van der Waals surface area contributed by atoms with Crippen molar-refractivity contribution in [2.75, 3.05) is 30.3 Å². The normalized spacial score (nSPS) is 15.7. The number of urea groups is 1.